The van der Waals surface area contributed by atoms with Crippen LogP contribution in [0.4, 0.5) is 4.79 Å². The molecule has 0 aromatic rings. The van der Waals surface area contributed by atoms with Crippen LogP contribution in [0, 0.1) is 0 Å². The van der Waals surface area contributed by atoms with Crippen LogP contribution >= 0.6 is 0 Å². The number of β-amino-alcohol motifs (C(OH)–C–C–N with tert-alkyl or cyclic N) is 2. The van der Waals surface area contributed by atoms with Crippen LogP contribution in [-0.2, 0) is 9.59 Å². The van der Waals surface area contributed by atoms with Gasteiger partial charge in [-0.05, 0) is 6.42 Å². The number of imide groups is 1. The molecule has 2 rings (SSSR count). The molecule has 8 heteroatoms. The van der Waals surface area contributed by atoms with Gasteiger partial charge in [0.25, 0.3) is 0 Å². The van der Waals surface area contributed by atoms with Crippen LogP contribution in [0.5, 0.6) is 0 Å². The predicted molar refractivity (Wildman–Crippen MR) is 67.6 cm³/mol. The highest BCUT2D eigenvalue weighted by Gasteiger charge is 2.34. The van der Waals surface area contributed by atoms with E-state index in [-0.39, 0.29) is 50.4 Å². The predicted octanol–water partition coefficient (Wildman–Crippen LogP) is -1.78. The summed E-state index contributed by atoms with van der Waals surface area (Å²) in [6.07, 6.45) is -1.23. The molecular weight excluding hydrogens is 266 g/mol. The minimum Gasteiger partial charge on any atom is -0.388 e. The van der Waals surface area contributed by atoms with Gasteiger partial charge in [0.15, 0.2) is 0 Å². The normalized spacial score (nSPS) is 26.9. The fourth-order valence-corrected chi connectivity index (χ4v) is 2.41. The number of aliphatic hydroxyl groups excluding tert-OH is 2. The Morgan fingerprint density at radius 2 is 1.85 bits per heavy atom. The van der Waals surface area contributed by atoms with Crippen LogP contribution in [-0.4, -0.2) is 88.2 Å². The second kappa shape index (κ2) is 5.76. The third kappa shape index (κ3) is 2.91. The number of aliphatic hydroxyl groups is 2. The van der Waals surface area contributed by atoms with Crippen molar-refractivity contribution >= 4 is 17.8 Å². The maximum absolute atomic E-state index is 11.8. The zero-order chi connectivity index (χ0) is 14.9. The van der Waals surface area contributed by atoms with Crippen LogP contribution in [0.3, 0.4) is 0 Å². The Kier molecular flexibility index (Phi) is 4.24. The quantitative estimate of drug-likeness (QED) is 0.595. The second-order valence-electron chi connectivity index (χ2n) is 5.22. The first-order chi connectivity index (χ1) is 9.40. The van der Waals surface area contributed by atoms with Gasteiger partial charge in [0.05, 0.1) is 12.2 Å². The van der Waals surface area contributed by atoms with Crippen LogP contribution in [0.2, 0.25) is 0 Å². The van der Waals surface area contributed by atoms with Gasteiger partial charge in [0.2, 0.25) is 11.8 Å². The summed E-state index contributed by atoms with van der Waals surface area (Å²) < 4.78 is 0. The molecule has 20 heavy (non-hydrogen) atoms. The largest absolute Gasteiger partial charge is 0.388 e. The van der Waals surface area contributed by atoms with E-state index in [1.165, 1.54) is 9.80 Å². The van der Waals surface area contributed by atoms with E-state index >= 15 is 0 Å². The molecule has 0 aromatic heterocycles. The molecule has 2 saturated heterocycles. The molecule has 2 aliphatic heterocycles. The zero-order valence-electron chi connectivity index (χ0n) is 11.4. The van der Waals surface area contributed by atoms with Crippen LogP contribution in [0.25, 0.3) is 0 Å². The lowest BCUT2D eigenvalue weighted by atomic mass is 10.2. The van der Waals surface area contributed by atoms with Crippen LogP contribution in [0.1, 0.15) is 12.8 Å². The van der Waals surface area contributed by atoms with Crippen LogP contribution < -0.4 is 0 Å². The summed E-state index contributed by atoms with van der Waals surface area (Å²) in [5.74, 6) is -0.440. The number of rotatable bonds is 4. The average molecular weight is 285 g/mol. The topological polar surface area (TPSA) is 101 Å². The zero-order valence-corrected chi connectivity index (χ0v) is 11.4. The Morgan fingerprint density at radius 1 is 1.25 bits per heavy atom. The molecule has 4 amide bonds. The van der Waals surface area contributed by atoms with E-state index in [9.17, 15) is 24.6 Å². The number of carbonyl (C=O) groups is 3. The summed E-state index contributed by atoms with van der Waals surface area (Å²) in [7, 11) is 1.55. The first-order valence-corrected chi connectivity index (χ1v) is 6.59. The fraction of sp³-hybridized carbons (Fsp3) is 0.750. The molecule has 2 aliphatic rings. The van der Waals surface area contributed by atoms with Crippen molar-refractivity contribution in [1.82, 2.24) is 14.7 Å². The third-order valence-corrected chi connectivity index (χ3v) is 3.62. The standard InChI is InChI=1S/C12H19N3O5/c1-13-7-11(19)15(12(13)20)4-2-3-10(18)14-5-8(16)9(17)6-14/h8-9,16-17H,2-7H2,1H3. The number of hydrogen-bond acceptors (Lipinski definition) is 5. The van der Waals surface area contributed by atoms with Gasteiger partial charge in [-0.25, -0.2) is 4.79 Å². The van der Waals surface area contributed by atoms with E-state index in [0.717, 1.165) is 4.90 Å². The number of likely N-dealkylation sites (tertiary alicyclic amines) is 1. The van der Waals surface area contributed by atoms with Gasteiger partial charge in [0, 0.05) is 33.1 Å². The van der Waals surface area contributed by atoms with Gasteiger partial charge in [0.1, 0.15) is 6.54 Å². The minimum atomic E-state index is -0.894. The van der Waals surface area contributed by atoms with Gasteiger partial charge in [-0.1, -0.05) is 0 Å². The number of nitrogens with zero attached hydrogens (tertiary/aromatic N) is 3. The molecule has 0 spiro atoms. The van der Waals surface area contributed by atoms with Crippen molar-refractivity contribution in [3.63, 3.8) is 0 Å². The molecule has 0 aromatic carbocycles. The summed E-state index contributed by atoms with van der Waals surface area (Å²) in [6.45, 7) is 0.554. The molecule has 8 nitrogen and oxygen atoms in total. The average Bonchev–Trinajstić information content (AvgIpc) is 2.84. The smallest absolute Gasteiger partial charge is 0.326 e. The molecule has 2 fully saturated rings. The van der Waals surface area contributed by atoms with E-state index in [0.29, 0.717) is 6.42 Å². The van der Waals surface area contributed by atoms with Crippen molar-refractivity contribution in [1.29, 1.82) is 0 Å². The molecule has 2 N–H and O–H groups in total. The Bertz CT molecular complexity index is 417. The second-order valence-corrected chi connectivity index (χ2v) is 5.22. The third-order valence-electron chi connectivity index (χ3n) is 3.62. The Morgan fingerprint density at radius 3 is 2.35 bits per heavy atom. The van der Waals surface area contributed by atoms with E-state index < -0.39 is 12.2 Å². The Balaban J connectivity index is 1.75. The summed E-state index contributed by atoms with van der Waals surface area (Å²) >= 11 is 0. The summed E-state index contributed by atoms with van der Waals surface area (Å²) in [5, 5.41) is 18.7. The van der Waals surface area contributed by atoms with Gasteiger partial charge in [-0.15, -0.1) is 0 Å². The first kappa shape index (κ1) is 14.7. The monoisotopic (exact) mass is 285 g/mol. The molecule has 2 unspecified atom stereocenters. The van der Waals surface area contributed by atoms with Gasteiger partial charge in [-0.3, -0.25) is 14.5 Å². The number of amides is 4. The number of carbonyl (C=O) groups excluding carboxylic acids is 3. The van der Waals surface area contributed by atoms with E-state index in [1.807, 2.05) is 0 Å². The number of urea groups is 1. The van der Waals surface area contributed by atoms with E-state index in [4.69, 9.17) is 0 Å². The molecular formula is C12H19N3O5. The molecule has 0 bridgehead atoms. The summed E-state index contributed by atoms with van der Waals surface area (Å²) in [5.41, 5.74) is 0. The Labute approximate surface area is 116 Å². The molecule has 0 saturated carbocycles. The maximum atomic E-state index is 11.8. The lowest BCUT2D eigenvalue weighted by Crippen LogP contribution is -2.34. The van der Waals surface area contributed by atoms with Crippen LogP contribution in [0.15, 0.2) is 0 Å². The van der Waals surface area contributed by atoms with Crippen molar-refractivity contribution < 1.29 is 24.6 Å². The molecule has 2 heterocycles. The van der Waals surface area contributed by atoms with Crippen molar-refractivity contribution in [2.24, 2.45) is 0 Å². The molecule has 112 valence electrons. The highest BCUT2D eigenvalue weighted by atomic mass is 16.3. The summed E-state index contributed by atoms with van der Waals surface area (Å²) in [4.78, 5) is 38.8. The number of hydrogen-bond donors (Lipinski definition) is 2. The SMILES string of the molecule is CN1CC(=O)N(CCCC(=O)N2CC(O)C(O)C2)C1=O. The van der Waals surface area contributed by atoms with Crippen molar-refractivity contribution in [2.75, 3.05) is 33.2 Å². The van der Waals surface area contributed by atoms with Gasteiger partial charge in [-0.2, -0.15) is 0 Å². The number of likely N-dealkylation sites (N-methyl/N-ethyl adjacent to an activating group) is 1. The van der Waals surface area contributed by atoms with Crippen molar-refractivity contribution in [2.45, 2.75) is 25.0 Å². The van der Waals surface area contributed by atoms with Gasteiger partial charge >= 0.3 is 6.03 Å². The maximum Gasteiger partial charge on any atom is 0.326 e. The molecule has 0 aliphatic carbocycles. The Hall–Kier alpha value is -1.67. The van der Waals surface area contributed by atoms with E-state index in [1.54, 1.807) is 7.05 Å². The lowest BCUT2D eigenvalue weighted by molar-refractivity contribution is -0.131. The lowest BCUT2D eigenvalue weighted by Gasteiger charge is -2.17. The molecule has 0 radical (unpaired) electrons. The first-order valence-electron chi connectivity index (χ1n) is 6.59. The fourth-order valence-electron chi connectivity index (χ4n) is 2.41. The van der Waals surface area contributed by atoms with Crippen molar-refractivity contribution in [3.8, 4) is 0 Å². The van der Waals surface area contributed by atoms with E-state index in [2.05, 4.69) is 0 Å². The van der Waals surface area contributed by atoms with Crippen molar-refractivity contribution in [3.05, 3.63) is 0 Å². The summed E-state index contributed by atoms with van der Waals surface area (Å²) in [6, 6.07) is -0.338. The minimum absolute atomic E-state index is 0.0806. The highest BCUT2D eigenvalue weighted by molar-refractivity contribution is 6.01. The highest BCUT2D eigenvalue weighted by Crippen LogP contribution is 2.13. The van der Waals surface area contributed by atoms with Gasteiger partial charge < -0.3 is 20.0 Å². The molecule has 2 atom stereocenters.